The largest absolute Gasteiger partial charge is 0.481 e. The number of hydrogen-bond acceptors (Lipinski definition) is 2. The molecule has 0 aromatic carbocycles. The van der Waals surface area contributed by atoms with Gasteiger partial charge in [-0.25, -0.2) is 0 Å². The minimum absolute atomic E-state index is 0.0595. The third kappa shape index (κ3) is 19.9. The van der Waals surface area contributed by atoms with Gasteiger partial charge in [0.25, 0.3) is 0 Å². The molecule has 3 heteroatoms. The second-order valence-electron chi connectivity index (χ2n) is 15.7. The van der Waals surface area contributed by atoms with Crippen LogP contribution in [0.4, 0.5) is 0 Å². The molecule has 0 aromatic rings. The zero-order valence-electron chi connectivity index (χ0n) is 29.5. The molecule has 0 aliphatic rings. The molecule has 0 radical (unpaired) electrons. The predicted molar refractivity (Wildman–Crippen MR) is 179 cm³/mol. The predicted octanol–water partition coefficient (Wildman–Crippen LogP) is 12.2. The summed E-state index contributed by atoms with van der Waals surface area (Å²) in [6.45, 7) is 22.3. The first kappa shape index (κ1) is 40.1. The summed E-state index contributed by atoms with van der Waals surface area (Å²) in [5, 5.41) is 10.0. The van der Waals surface area contributed by atoms with Crippen LogP contribution in [0.2, 0.25) is 0 Å². The Morgan fingerprint density at radius 2 is 0.780 bits per heavy atom. The molecule has 0 aliphatic heterocycles. The molecule has 0 rings (SSSR count). The second-order valence-corrected chi connectivity index (χ2v) is 15.7. The lowest BCUT2D eigenvalue weighted by molar-refractivity contribution is -0.156. The molecular formula is C38H74O3. The first-order chi connectivity index (χ1) is 19.2. The van der Waals surface area contributed by atoms with Gasteiger partial charge in [0.05, 0.1) is 0 Å². The van der Waals surface area contributed by atoms with E-state index in [1.165, 1.54) is 77.0 Å². The first-order valence-corrected chi connectivity index (χ1v) is 18.0. The van der Waals surface area contributed by atoms with E-state index in [0.717, 1.165) is 55.8 Å². The summed E-state index contributed by atoms with van der Waals surface area (Å²) in [6.07, 6.45) is 21.0. The van der Waals surface area contributed by atoms with Crippen molar-refractivity contribution in [2.24, 2.45) is 46.8 Å². The van der Waals surface area contributed by atoms with Gasteiger partial charge in [0.1, 0.15) is 5.41 Å². The summed E-state index contributed by atoms with van der Waals surface area (Å²) in [6, 6.07) is 0. The summed E-state index contributed by atoms with van der Waals surface area (Å²) in [4.78, 5) is 25.6. The zero-order valence-corrected chi connectivity index (χ0v) is 29.5. The molecule has 0 bridgehead atoms. The molecular weight excluding hydrogens is 504 g/mol. The lowest BCUT2D eigenvalue weighted by Gasteiger charge is -2.27. The molecule has 1 N–H and O–H groups in total. The van der Waals surface area contributed by atoms with Crippen molar-refractivity contribution in [3.63, 3.8) is 0 Å². The van der Waals surface area contributed by atoms with Crippen LogP contribution in [0.1, 0.15) is 185 Å². The molecule has 6 atom stereocenters. The van der Waals surface area contributed by atoms with E-state index in [-0.39, 0.29) is 11.7 Å². The van der Waals surface area contributed by atoms with Gasteiger partial charge < -0.3 is 5.11 Å². The Hall–Kier alpha value is -0.860. The summed E-state index contributed by atoms with van der Waals surface area (Å²) < 4.78 is 0. The highest BCUT2D eigenvalue weighted by Crippen LogP contribution is 2.33. The van der Waals surface area contributed by atoms with Gasteiger partial charge >= 0.3 is 5.97 Å². The third-order valence-electron chi connectivity index (χ3n) is 9.92. The van der Waals surface area contributed by atoms with E-state index >= 15 is 0 Å². The number of hydrogen-bond donors (Lipinski definition) is 1. The quantitative estimate of drug-likeness (QED) is 0.0986. The number of ketones is 1. The number of aliphatic carboxylic acids is 1. The van der Waals surface area contributed by atoms with Crippen molar-refractivity contribution >= 4 is 11.8 Å². The molecule has 41 heavy (non-hydrogen) atoms. The lowest BCUT2D eigenvalue weighted by Crippen LogP contribution is -2.40. The normalized spacial score (nSPS) is 17.3. The van der Waals surface area contributed by atoms with Crippen molar-refractivity contribution in [2.75, 3.05) is 0 Å². The summed E-state index contributed by atoms with van der Waals surface area (Å²) in [5.41, 5.74) is -1.25. The Morgan fingerprint density at radius 3 is 1.10 bits per heavy atom. The van der Waals surface area contributed by atoms with Crippen LogP contribution in [0.15, 0.2) is 0 Å². The molecule has 0 aromatic heterocycles. The Kier molecular flexibility index (Phi) is 22.2. The van der Waals surface area contributed by atoms with E-state index in [4.69, 9.17) is 0 Å². The van der Waals surface area contributed by atoms with Gasteiger partial charge in [-0.2, -0.15) is 0 Å². The Bertz CT molecular complexity index is 668. The van der Waals surface area contributed by atoms with E-state index in [1.54, 1.807) is 6.92 Å². The van der Waals surface area contributed by atoms with Crippen molar-refractivity contribution in [3.05, 3.63) is 0 Å². The van der Waals surface area contributed by atoms with E-state index in [1.807, 2.05) is 6.92 Å². The average molecular weight is 579 g/mol. The molecule has 0 aliphatic carbocycles. The molecule has 0 saturated carbocycles. The van der Waals surface area contributed by atoms with Gasteiger partial charge in [-0.15, -0.1) is 0 Å². The number of carboxylic acid groups (broad SMARTS) is 1. The fourth-order valence-corrected chi connectivity index (χ4v) is 6.54. The maximum absolute atomic E-state index is 13.3. The minimum atomic E-state index is -1.25. The van der Waals surface area contributed by atoms with Crippen LogP contribution in [0, 0.1) is 46.8 Å². The monoisotopic (exact) mass is 579 g/mol. The smallest absolute Gasteiger partial charge is 0.316 e. The fourth-order valence-electron chi connectivity index (χ4n) is 6.54. The summed E-state index contributed by atoms with van der Waals surface area (Å²) in [7, 11) is 0. The zero-order chi connectivity index (χ0) is 31.4. The van der Waals surface area contributed by atoms with E-state index in [9.17, 15) is 14.7 Å². The van der Waals surface area contributed by atoms with E-state index in [2.05, 4.69) is 55.4 Å². The fraction of sp³-hybridized carbons (Fsp3) is 0.947. The van der Waals surface area contributed by atoms with Crippen LogP contribution < -0.4 is 0 Å². The van der Waals surface area contributed by atoms with Crippen molar-refractivity contribution in [3.8, 4) is 0 Å². The van der Waals surface area contributed by atoms with Gasteiger partial charge in [0, 0.05) is 5.92 Å². The molecule has 0 amide bonds. The minimum Gasteiger partial charge on any atom is -0.481 e. The highest BCUT2D eigenvalue weighted by atomic mass is 16.4. The first-order valence-electron chi connectivity index (χ1n) is 18.0. The number of carbonyl (C=O) groups excluding carboxylic acids is 1. The molecule has 3 nitrogen and oxygen atoms in total. The van der Waals surface area contributed by atoms with Crippen molar-refractivity contribution < 1.29 is 14.7 Å². The number of rotatable bonds is 27. The van der Waals surface area contributed by atoms with Gasteiger partial charge in [-0.1, -0.05) is 165 Å². The van der Waals surface area contributed by atoms with Crippen LogP contribution in [-0.2, 0) is 9.59 Å². The molecule has 0 heterocycles. The van der Waals surface area contributed by atoms with Crippen LogP contribution in [0.3, 0.4) is 0 Å². The van der Waals surface area contributed by atoms with Crippen LogP contribution in [0.5, 0.6) is 0 Å². The number of carboxylic acids is 1. The average Bonchev–Trinajstić information content (AvgIpc) is 2.87. The molecule has 0 fully saturated rings. The molecule has 6 unspecified atom stereocenters. The molecule has 244 valence electrons. The van der Waals surface area contributed by atoms with Gasteiger partial charge in [-0.3, -0.25) is 9.59 Å². The van der Waals surface area contributed by atoms with Gasteiger partial charge in [0.15, 0.2) is 5.78 Å². The van der Waals surface area contributed by atoms with Crippen LogP contribution in [0.25, 0.3) is 0 Å². The number of carbonyl (C=O) groups is 2. The highest BCUT2D eigenvalue weighted by molar-refractivity contribution is 6.03. The van der Waals surface area contributed by atoms with Crippen LogP contribution >= 0.6 is 0 Å². The lowest BCUT2D eigenvalue weighted by atomic mass is 9.74. The standard InChI is InChI=1S/C38H74O3/c1-29(2)17-11-19-31(5)21-13-23-33(7)25-15-27-35(9)36(39)38(10,37(40)41)28-16-26-34(8)24-14-22-32(6)20-12-18-30(3)4/h29-35H,11-28H2,1-10H3,(H,40,41). The SMILES string of the molecule is CC(C)CCCC(C)CCCC(C)CCCC(C)C(=O)C(C)(CCCC(C)CCCC(C)CCCC(C)C)C(=O)O. The van der Waals surface area contributed by atoms with E-state index in [0.29, 0.717) is 18.3 Å². The maximum atomic E-state index is 13.3. The Morgan fingerprint density at radius 1 is 0.488 bits per heavy atom. The summed E-state index contributed by atoms with van der Waals surface area (Å²) >= 11 is 0. The topological polar surface area (TPSA) is 54.4 Å². The van der Waals surface area contributed by atoms with Gasteiger partial charge in [-0.05, 0) is 55.3 Å². The van der Waals surface area contributed by atoms with Crippen molar-refractivity contribution in [2.45, 2.75) is 185 Å². The highest BCUT2D eigenvalue weighted by Gasteiger charge is 2.42. The van der Waals surface area contributed by atoms with E-state index < -0.39 is 11.4 Å². The molecule has 0 spiro atoms. The van der Waals surface area contributed by atoms with Crippen molar-refractivity contribution in [1.82, 2.24) is 0 Å². The van der Waals surface area contributed by atoms with Crippen LogP contribution in [-0.4, -0.2) is 16.9 Å². The Balaban J connectivity index is 4.33. The Labute approximate surface area is 257 Å². The number of Topliss-reactive ketones (excluding diaryl/α,β-unsaturated/α-hetero) is 1. The molecule has 0 saturated heterocycles. The third-order valence-corrected chi connectivity index (χ3v) is 9.92. The van der Waals surface area contributed by atoms with Crippen molar-refractivity contribution in [1.29, 1.82) is 0 Å². The maximum Gasteiger partial charge on any atom is 0.316 e. The summed E-state index contributed by atoms with van der Waals surface area (Å²) in [5.74, 6) is 3.32. The van der Waals surface area contributed by atoms with Gasteiger partial charge in [0.2, 0.25) is 0 Å². The second kappa shape index (κ2) is 22.6.